The van der Waals surface area contributed by atoms with Crippen LogP contribution in [0.4, 0.5) is 4.39 Å². The molecule has 0 aromatic heterocycles. The molecule has 0 saturated carbocycles. The van der Waals surface area contributed by atoms with E-state index in [2.05, 4.69) is 15.9 Å². The SMILES string of the molecule is O=Cc1ccc(O)c(-c2ccc(Br)cc2)c1F. The van der Waals surface area contributed by atoms with E-state index in [1.165, 1.54) is 12.1 Å². The Morgan fingerprint density at radius 2 is 1.76 bits per heavy atom. The molecule has 0 fully saturated rings. The van der Waals surface area contributed by atoms with Crippen LogP contribution in [0.1, 0.15) is 10.4 Å². The average molecular weight is 295 g/mol. The molecular formula is C13H8BrFO2. The predicted molar refractivity (Wildman–Crippen MR) is 66.6 cm³/mol. The largest absolute Gasteiger partial charge is 0.507 e. The van der Waals surface area contributed by atoms with Crippen LogP contribution in [-0.2, 0) is 0 Å². The van der Waals surface area contributed by atoms with Crippen LogP contribution in [0.5, 0.6) is 5.75 Å². The van der Waals surface area contributed by atoms with Gasteiger partial charge < -0.3 is 5.11 Å². The van der Waals surface area contributed by atoms with Gasteiger partial charge in [-0.15, -0.1) is 0 Å². The number of hydrogen-bond donors (Lipinski definition) is 1. The monoisotopic (exact) mass is 294 g/mol. The molecule has 0 aliphatic rings. The number of benzene rings is 2. The molecule has 2 rings (SSSR count). The molecule has 0 heterocycles. The maximum absolute atomic E-state index is 13.9. The normalized spacial score (nSPS) is 10.2. The molecule has 0 aliphatic carbocycles. The van der Waals surface area contributed by atoms with Crippen LogP contribution in [0.3, 0.4) is 0 Å². The van der Waals surface area contributed by atoms with Gasteiger partial charge in [0.1, 0.15) is 11.6 Å². The first-order valence-corrected chi connectivity index (χ1v) is 5.65. The topological polar surface area (TPSA) is 37.3 Å². The second-order valence-electron chi connectivity index (χ2n) is 3.49. The number of carbonyl (C=O) groups excluding carboxylic acids is 1. The van der Waals surface area contributed by atoms with Crippen molar-refractivity contribution in [3.8, 4) is 16.9 Å². The molecule has 0 saturated heterocycles. The number of phenols is 1. The van der Waals surface area contributed by atoms with Crippen LogP contribution in [0.15, 0.2) is 40.9 Å². The third kappa shape index (κ3) is 2.22. The summed E-state index contributed by atoms with van der Waals surface area (Å²) in [4.78, 5) is 10.6. The lowest BCUT2D eigenvalue weighted by Crippen LogP contribution is -1.92. The first-order chi connectivity index (χ1) is 8.13. The summed E-state index contributed by atoms with van der Waals surface area (Å²) in [6, 6.07) is 9.36. The highest BCUT2D eigenvalue weighted by molar-refractivity contribution is 9.10. The molecule has 86 valence electrons. The number of hydrogen-bond acceptors (Lipinski definition) is 2. The van der Waals surface area contributed by atoms with Gasteiger partial charge in [0.25, 0.3) is 0 Å². The van der Waals surface area contributed by atoms with Crippen molar-refractivity contribution in [3.63, 3.8) is 0 Å². The third-order valence-corrected chi connectivity index (χ3v) is 2.94. The van der Waals surface area contributed by atoms with E-state index < -0.39 is 5.82 Å². The van der Waals surface area contributed by atoms with E-state index >= 15 is 0 Å². The van der Waals surface area contributed by atoms with Crippen LogP contribution in [-0.4, -0.2) is 11.4 Å². The molecule has 2 nitrogen and oxygen atoms in total. The lowest BCUT2D eigenvalue weighted by atomic mass is 10.0. The molecular weight excluding hydrogens is 287 g/mol. The summed E-state index contributed by atoms with van der Waals surface area (Å²) < 4.78 is 14.8. The number of aldehydes is 1. The number of aromatic hydroxyl groups is 1. The van der Waals surface area contributed by atoms with E-state index in [0.29, 0.717) is 11.8 Å². The maximum atomic E-state index is 13.9. The van der Waals surface area contributed by atoms with Gasteiger partial charge in [-0.25, -0.2) is 4.39 Å². The van der Waals surface area contributed by atoms with E-state index in [1.54, 1.807) is 24.3 Å². The van der Waals surface area contributed by atoms with Gasteiger partial charge in [0.2, 0.25) is 0 Å². The van der Waals surface area contributed by atoms with Crippen molar-refractivity contribution < 1.29 is 14.3 Å². The Hall–Kier alpha value is -1.68. The zero-order valence-corrected chi connectivity index (χ0v) is 10.2. The van der Waals surface area contributed by atoms with Crippen molar-refractivity contribution in [3.05, 3.63) is 52.3 Å². The van der Waals surface area contributed by atoms with Gasteiger partial charge in [-0.05, 0) is 29.8 Å². The lowest BCUT2D eigenvalue weighted by Gasteiger charge is -2.08. The Labute approximate surface area is 106 Å². The Morgan fingerprint density at radius 3 is 2.35 bits per heavy atom. The second kappa shape index (κ2) is 4.67. The quantitative estimate of drug-likeness (QED) is 0.856. The molecule has 0 spiro atoms. The fourth-order valence-corrected chi connectivity index (χ4v) is 1.83. The first-order valence-electron chi connectivity index (χ1n) is 4.86. The van der Waals surface area contributed by atoms with Crippen LogP contribution in [0.2, 0.25) is 0 Å². The minimum Gasteiger partial charge on any atom is -0.507 e. The van der Waals surface area contributed by atoms with E-state index in [9.17, 15) is 14.3 Å². The van der Waals surface area contributed by atoms with Crippen molar-refractivity contribution in [1.82, 2.24) is 0 Å². The first kappa shape index (κ1) is 11.8. The molecule has 0 atom stereocenters. The molecule has 0 amide bonds. The van der Waals surface area contributed by atoms with Gasteiger partial charge in [-0.2, -0.15) is 0 Å². The Morgan fingerprint density at radius 1 is 1.12 bits per heavy atom. The highest BCUT2D eigenvalue weighted by Gasteiger charge is 2.14. The van der Waals surface area contributed by atoms with Crippen molar-refractivity contribution in [2.45, 2.75) is 0 Å². The Balaban J connectivity index is 2.65. The van der Waals surface area contributed by atoms with Crippen molar-refractivity contribution in [2.24, 2.45) is 0 Å². The molecule has 17 heavy (non-hydrogen) atoms. The standard InChI is InChI=1S/C13H8BrFO2/c14-10-4-1-8(2-5-10)12-11(17)6-3-9(7-16)13(12)15/h1-7,17H. The van der Waals surface area contributed by atoms with Crippen molar-refractivity contribution >= 4 is 22.2 Å². The van der Waals surface area contributed by atoms with Gasteiger partial charge in [0.05, 0.1) is 11.1 Å². The predicted octanol–water partition coefficient (Wildman–Crippen LogP) is 3.77. The van der Waals surface area contributed by atoms with Crippen LogP contribution < -0.4 is 0 Å². The fourth-order valence-electron chi connectivity index (χ4n) is 1.56. The summed E-state index contributed by atoms with van der Waals surface area (Å²) in [5.74, 6) is -0.891. The Bertz CT molecular complexity index is 564. The number of halogens is 2. The number of phenolic OH excluding ortho intramolecular Hbond substituents is 1. The average Bonchev–Trinajstić information content (AvgIpc) is 2.32. The van der Waals surface area contributed by atoms with E-state index in [-0.39, 0.29) is 16.9 Å². The zero-order chi connectivity index (χ0) is 12.4. The van der Waals surface area contributed by atoms with Crippen LogP contribution in [0, 0.1) is 5.82 Å². The summed E-state index contributed by atoms with van der Waals surface area (Å²) in [7, 11) is 0. The molecule has 2 aromatic carbocycles. The van der Waals surface area contributed by atoms with E-state index in [4.69, 9.17) is 0 Å². The van der Waals surface area contributed by atoms with Gasteiger partial charge in [0, 0.05) is 4.47 Å². The highest BCUT2D eigenvalue weighted by atomic mass is 79.9. The minimum absolute atomic E-state index is 0.0436. The fraction of sp³-hybridized carbons (Fsp3) is 0. The summed E-state index contributed by atoms with van der Waals surface area (Å²) in [6.45, 7) is 0. The molecule has 2 aromatic rings. The summed E-state index contributed by atoms with van der Waals surface area (Å²) in [6.07, 6.45) is 0.428. The molecule has 4 heteroatoms. The van der Waals surface area contributed by atoms with E-state index in [1.807, 2.05) is 0 Å². The zero-order valence-electron chi connectivity index (χ0n) is 8.65. The molecule has 1 N–H and O–H groups in total. The smallest absolute Gasteiger partial charge is 0.153 e. The molecule has 0 bridgehead atoms. The number of carbonyl (C=O) groups is 1. The van der Waals surface area contributed by atoms with Crippen molar-refractivity contribution in [2.75, 3.05) is 0 Å². The highest BCUT2D eigenvalue weighted by Crippen LogP contribution is 2.33. The van der Waals surface area contributed by atoms with Gasteiger partial charge in [0.15, 0.2) is 6.29 Å². The summed E-state index contributed by atoms with van der Waals surface area (Å²) in [5, 5.41) is 9.67. The van der Waals surface area contributed by atoms with Crippen LogP contribution >= 0.6 is 15.9 Å². The maximum Gasteiger partial charge on any atom is 0.153 e. The third-order valence-electron chi connectivity index (χ3n) is 2.41. The Kier molecular flexibility index (Phi) is 3.24. The summed E-state index contributed by atoms with van der Waals surface area (Å²) >= 11 is 3.27. The molecule has 0 unspecified atom stereocenters. The molecule has 0 aliphatic heterocycles. The number of rotatable bonds is 2. The van der Waals surface area contributed by atoms with Gasteiger partial charge in [-0.1, -0.05) is 28.1 Å². The van der Waals surface area contributed by atoms with Crippen molar-refractivity contribution in [1.29, 1.82) is 0 Å². The minimum atomic E-state index is -0.706. The lowest BCUT2D eigenvalue weighted by molar-refractivity contribution is 0.112. The van der Waals surface area contributed by atoms with Gasteiger partial charge in [-0.3, -0.25) is 4.79 Å². The van der Waals surface area contributed by atoms with Gasteiger partial charge >= 0.3 is 0 Å². The molecule has 0 radical (unpaired) electrons. The summed E-state index contributed by atoms with van der Waals surface area (Å²) in [5.41, 5.74) is 0.495. The van der Waals surface area contributed by atoms with E-state index in [0.717, 1.165) is 4.47 Å². The van der Waals surface area contributed by atoms with Crippen LogP contribution in [0.25, 0.3) is 11.1 Å². The second-order valence-corrected chi connectivity index (χ2v) is 4.40.